The second-order valence-corrected chi connectivity index (χ2v) is 4.21. The Morgan fingerprint density at radius 2 is 2.00 bits per heavy atom. The van der Waals surface area contributed by atoms with Gasteiger partial charge in [-0.2, -0.15) is 0 Å². The van der Waals surface area contributed by atoms with E-state index in [0.717, 1.165) is 0 Å². The molecule has 0 bridgehead atoms. The van der Waals surface area contributed by atoms with Crippen molar-refractivity contribution < 1.29 is 14.7 Å². The predicted octanol–water partition coefficient (Wildman–Crippen LogP) is 0.669. The number of hydrogen-bond acceptors (Lipinski definition) is 6. The van der Waals surface area contributed by atoms with Crippen molar-refractivity contribution in [1.29, 1.82) is 0 Å². The Labute approximate surface area is 113 Å². The molecular formula is C11H12N6O3. The second kappa shape index (κ2) is 5.43. The normalized spacial score (nSPS) is 10.6. The van der Waals surface area contributed by atoms with Gasteiger partial charge in [0.25, 0.3) is 5.91 Å². The molecule has 0 aliphatic rings. The van der Waals surface area contributed by atoms with Crippen LogP contribution in [0.25, 0.3) is 0 Å². The van der Waals surface area contributed by atoms with E-state index in [2.05, 4.69) is 30.5 Å². The highest BCUT2D eigenvalue weighted by Crippen LogP contribution is 2.11. The molecular weight excluding hydrogens is 264 g/mol. The fourth-order valence-electron chi connectivity index (χ4n) is 1.38. The van der Waals surface area contributed by atoms with Gasteiger partial charge < -0.3 is 10.4 Å². The van der Waals surface area contributed by atoms with Crippen molar-refractivity contribution >= 4 is 17.7 Å². The molecule has 2 rings (SSSR count). The molecule has 0 atom stereocenters. The van der Waals surface area contributed by atoms with E-state index in [1.807, 2.05) is 13.8 Å². The quantitative estimate of drug-likeness (QED) is 0.747. The van der Waals surface area contributed by atoms with Crippen molar-refractivity contribution in [3.8, 4) is 0 Å². The summed E-state index contributed by atoms with van der Waals surface area (Å²) in [5, 5.41) is 17.7. The number of amides is 1. The molecule has 0 aliphatic heterocycles. The molecule has 0 saturated carbocycles. The summed E-state index contributed by atoms with van der Waals surface area (Å²) in [6.07, 6.45) is 2.50. The van der Waals surface area contributed by atoms with Crippen molar-refractivity contribution in [2.45, 2.75) is 19.8 Å². The van der Waals surface area contributed by atoms with Gasteiger partial charge in [0.15, 0.2) is 11.5 Å². The van der Waals surface area contributed by atoms with Crippen molar-refractivity contribution in [3.05, 3.63) is 29.7 Å². The Morgan fingerprint density at radius 1 is 1.30 bits per heavy atom. The molecule has 0 radical (unpaired) electrons. The van der Waals surface area contributed by atoms with Gasteiger partial charge in [0.05, 0.1) is 0 Å². The molecule has 0 fully saturated rings. The monoisotopic (exact) mass is 276 g/mol. The number of carboxylic acid groups (broad SMARTS) is 1. The third-order valence-corrected chi connectivity index (χ3v) is 2.39. The molecule has 104 valence electrons. The van der Waals surface area contributed by atoms with E-state index in [1.54, 1.807) is 0 Å². The topological polar surface area (TPSA) is 134 Å². The Morgan fingerprint density at radius 3 is 2.60 bits per heavy atom. The minimum atomic E-state index is -1.29. The molecule has 2 heterocycles. The highest BCUT2D eigenvalue weighted by atomic mass is 16.4. The molecule has 0 unspecified atom stereocenters. The summed E-state index contributed by atoms with van der Waals surface area (Å²) in [7, 11) is 0. The zero-order valence-corrected chi connectivity index (χ0v) is 10.8. The lowest BCUT2D eigenvalue weighted by Crippen LogP contribution is -2.18. The first kappa shape index (κ1) is 13.6. The first-order valence-corrected chi connectivity index (χ1v) is 5.77. The van der Waals surface area contributed by atoms with E-state index < -0.39 is 11.9 Å². The number of aromatic nitrogens is 5. The van der Waals surface area contributed by atoms with Gasteiger partial charge >= 0.3 is 5.97 Å². The van der Waals surface area contributed by atoms with E-state index in [4.69, 9.17) is 5.11 Å². The van der Waals surface area contributed by atoms with Gasteiger partial charge in [-0.05, 0) is 0 Å². The maximum Gasteiger partial charge on any atom is 0.358 e. The minimum Gasteiger partial charge on any atom is -0.476 e. The summed E-state index contributed by atoms with van der Waals surface area (Å²) in [6, 6.07) is 0. The van der Waals surface area contributed by atoms with Crippen LogP contribution in [0.2, 0.25) is 0 Å². The van der Waals surface area contributed by atoms with Crippen molar-refractivity contribution in [2.75, 3.05) is 5.32 Å². The lowest BCUT2D eigenvalue weighted by atomic mass is 10.2. The Kier molecular flexibility index (Phi) is 3.69. The molecule has 2 aromatic rings. The Balaban J connectivity index is 2.21. The zero-order valence-electron chi connectivity index (χ0n) is 10.8. The van der Waals surface area contributed by atoms with Gasteiger partial charge in [0.2, 0.25) is 5.82 Å². The summed E-state index contributed by atoms with van der Waals surface area (Å²) in [4.78, 5) is 34.3. The number of hydrogen-bond donors (Lipinski definition) is 3. The Bertz CT molecular complexity index is 651. The number of anilines is 1. The average Bonchev–Trinajstić information content (AvgIpc) is 2.89. The van der Waals surface area contributed by atoms with Crippen LogP contribution in [0.1, 0.15) is 46.7 Å². The molecule has 9 heteroatoms. The van der Waals surface area contributed by atoms with Gasteiger partial charge in [-0.3, -0.25) is 9.89 Å². The first-order chi connectivity index (χ1) is 9.49. The number of nitrogens with zero attached hydrogens (tertiary/aromatic N) is 4. The summed E-state index contributed by atoms with van der Waals surface area (Å²) in [6.45, 7) is 3.79. The highest BCUT2D eigenvalue weighted by Gasteiger charge is 2.19. The lowest BCUT2D eigenvalue weighted by Gasteiger charge is -2.03. The van der Waals surface area contributed by atoms with Crippen LogP contribution < -0.4 is 5.32 Å². The first-order valence-electron chi connectivity index (χ1n) is 5.77. The number of carbonyl (C=O) groups is 2. The maximum absolute atomic E-state index is 11.9. The molecule has 2 aromatic heterocycles. The smallest absolute Gasteiger partial charge is 0.358 e. The third kappa shape index (κ3) is 2.76. The SMILES string of the molecule is CC(C)c1nc(C(=O)Nc2nccnc2C(=O)O)n[nH]1. The molecule has 9 nitrogen and oxygen atoms in total. The summed E-state index contributed by atoms with van der Waals surface area (Å²) >= 11 is 0. The predicted molar refractivity (Wildman–Crippen MR) is 67.4 cm³/mol. The van der Waals surface area contributed by atoms with E-state index in [1.165, 1.54) is 12.4 Å². The molecule has 0 spiro atoms. The van der Waals surface area contributed by atoms with E-state index in [9.17, 15) is 9.59 Å². The van der Waals surface area contributed by atoms with Crippen LogP contribution in [0.3, 0.4) is 0 Å². The Hall–Kier alpha value is -2.84. The molecule has 3 N–H and O–H groups in total. The van der Waals surface area contributed by atoms with E-state index >= 15 is 0 Å². The van der Waals surface area contributed by atoms with Crippen molar-refractivity contribution in [2.24, 2.45) is 0 Å². The van der Waals surface area contributed by atoms with Gasteiger partial charge in [-0.1, -0.05) is 13.8 Å². The molecule has 0 saturated heterocycles. The average molecular weight is 276 g/mol. The summed E-state index contributed by atoms with van der Waals surface area (Å²) < 4.78 is 0. The third-order valence-electron chi connectivity index (χ3n) is 2.39. The van der Waals surface area contributed by atoms with Crippen LogP contribution >= 0.6 is 0 Å². The summed E-state index contributed by atoms with van der Waals surface area (Å²) in [5.74, 6) is -1.53. The van der Waals surface area contributed by atoms with Crippen molar-refractivity contribution in [3.63, 3.8) is 0 Å². The van der Waals surface area contributed by atoms with Crippen molar-refractivity contribution in [1.82, 2.24) is 25.1 Å². The van der Waals surface area contributed by atoms with Gasteiger partial charge in [0, 0.05) is 18.3 Å². The molecule has 0 aromatic carbocycles. The number of carboxylic acids is 1. The van der Waals surface area contributed by atoms with Crippen LogP contribution in [0.5, 0.6) is 0 Å². The number of aromatic carboxylic acids is 1. The van der Waals surface area contributed by atoms with Gasteiger partial charge in [-0.25, -0.2) is 19.7 Å². The number of rotatable bonds is 4. The molecule has 0 aliphatic carbocycles. The number of nitrogens with one attached hydrogen (secondary N) is 2. The van der Waals surface area contributed by atoms with Crippen LogP contribution in [0.4, 0.5) is 5.82 Å². The highest BCUT2D eigenvalue weighted by molar-refractivity contribution is 6.04. The van der Waals surface area contributed by atoms with Gasteiger partial charge in [0.1, 0.15) is 5.82 Å². The zero-order chi connectivity index (χ0) is 14.7. The minimum absolute atomic E-state index is 0.0873. The van der Waals surface area contributed by atoms with Gasteiger partial charge in [-0.15, -0.1) is 5.10 Å². The molecule has 1 amide bonds. The number of H-pyrrole nitrogens is 1. The fraction of sp³-hybridized carbons (Fsp3) is 0.273. The maximum atomic E-state index is 11.9. The van der Waals surface area contributed by atoms with E-state index in [0.29, 0.717) is 5.82 Å². The standard InChI is InChI=1S/C11H12N6O3/c1-5(2)7-14-9(17-16-7)10(18)15-8-6(11(19)20)12-3-4-13-8/h3-5H,1-2H3,(H,19,20)(H,13,15,18)(H,14,16,17). The second-order valence-electron chi connectivity index (χ2n) is 4.21. The van der Waals surface area contributed by atoms with E-state index in [-0.39, 0.29) is 23.3 Å². The number of aromatic amines is 1. The van der Waals surface area contributed by atoms with Crippen LogP contribution in [-0.4, -0.2) is 42.1 Å². The van der Waals surface area contributed by atoms with Crippen LogP contribution in [0, 0.1) is 0 Å². The fourth-order valence-corrected chi connectivity index (χ4v) is 1.38. The lowest BCUT2D eigenvalue weighted by molar-refractivity contribution is 0.0691. The molecule has 20 heavy (non-hydrogen) atoms. The van der Waals surface area contributed by atoms with Crippen LogP contribution in [-0.2, 0) is 0 Å². The number of carbonyl (C=O) groups excluding carboxylic acids is 1. The largest absolute Gasteiger partial charge is 0.476 e. The van der Waals surface area contributed by atoms with Crippen LogP contribution in [0.15, 0.2) is 12.4 Å². The summed E-state index contributed by atoms with van der Waals surface area (Å²) in [5.41, 5.74) is -0.347.